The van der Waals surface area contributed by atoms with Gasteiger partial charge in [-0.15, -0.1) is 24.0 Å². The zero-order valence-corrected chi connectivity index (χ0v) is 17.2. The number of guanidine groups is 1. The number of hydrogen-bond donors (Lipinski definition) is 2. The van der Waals surface area contributed by atoms with Crippen LogP contribution in [0, 0.1) is 5.92 Å². The summed E-state index contributed by atoms with van der Waals surface area (Å²) in [4.78, 5) is 8.91. The van der Waals surface area contributed by atoms with Crippen LogP contribution in [0.2, 0.25) is 0 Å². The van der Waals surface area contributed by atoms with Crippen molar-refractivity contribution in [3.8, 4) is 5.88 Å². The Bertz CT molecular complexity index is 492. The van der Waals surface area contributed by atoms with Gasteiger partial charge in [-0.3, -0.25) is 0 Å². The topological polar surface area (TPSA) is 58.5 Å². The number of unbranched alkanes of at least 4 members (excludes halogenated alkanes) is 2. The summed E-state index contributed by atoms with van der Waals surface area (Å²) in [7, 11) is 0. The maximum Gasteiger partial charge on any atom is 0.213 e. The first kappa shape index (κ1) is 21.0. The SMILES string of the molecule is CCCCCNC(=NCc1ccnc(OCC2CC2)c1)NCC.I. The number of halogens is 1. The van der Waals surface area contributed by atoms with Crippen molar-refractivity contribution in [3.63, 3.8) is 0 Å². The van der Waals surface area contributed by atoms with E-state index in [0.29, 0.717) is 12.4 Å². The van der Waals surface area contributed by atoms with Crippen LogP contribution in [0.25, 0.3) is 0 Å². The maximum atomic E-state index is 5.73. The highest BCUT2D eigenvalue weighted by Crippen LogP contribution is 2.29. The third-order valence-electron chi connectivity index (χ3n) is 3.80. The summed E-state index contributed by atoms with van der Waals surface area (Å²) in [6, 6.07) is 3.99. The van der Waals surface area contributed by atoms with Crippen molar-refractivity contribution >= 4 is 29.9 Å². The zero-order chi connectivity index (χ0) is 16.3. The summed E-state index contributed by atoms with van der Waals surface area (Å²) < 4.78 is 5.73. The van der Waals surface area contributed by atoms with E-state index in [0.717, 1.165) is 37.1 Å². The number of nitrogens with one attached hydrogen (secondary N) is 2. The Morgan fingerprint density at radius 2 is 2.12 bits per heavy atom. The molecule has 24 heavy (non-hydrogen) atoms. The van der Waals surface area contributed by atoms with E-state index in [9.17, 15) is 0 Å². The molecule has 6 heteroatoms. The van der Waals surface area contributed by atoms with Gasteiger partial charge in [0.2, 0.25) is 5.88 Å². The molecule has 0 unspecified atom stereocenters. The molecule has 1 fully saturated rings. The fourth-order valence-corrected chi connectivity index (χ4v) is 2.21. The number of aromatic nitrogens is 1. The summed E-state index contributed by atoms with van der Waals surface area (Å²) in [5.74, 6) is 2.33. The molecule has 0 atom stereocenters. The first-order chi connectivity index (χ1) is 11.3. The van der Waals surface area contributed by atoms with Gasteiger partial charge in [-0.25, -0.2) is 9.98 Å². The van der Waals surface area contributed by atoms with Crippen molar-refractivity contribution in [2.75, 3.05) is 19.7 Å². The first-order valence-corrected chi connectivity index (χ1v) is 8.91. The van der Waals surface area contributed by atoms with Crippen molar-refractivity contribution in [2.45, 2.75) is 52.5 Å². The molecule has 1 aromatic rings. The minimum atomic E-state index is 0. The average molecular weight is 446 g/mol. The fraction of sp³-hybridized carbons (Fsp3) is 0.667. The van der Waals surface area contributed by atoms with Gasteiger partial charge in [-0.05, 0) is 43.7 Å². The van der Waals surface area contributed by atoms with Gasteiger partial charge in [-0.1, -0.05) is 19.8 Å². The summed E-state index contributed by atoms with van der Waals surface area (Å²) in [5, 5.41) is 6.67. The summed E-state index contributed by atoms with van der Waals surface area (Å²) in [5.41, 5.74) is 1.12. The normalized spacial score (nSPS) is 14.0. The highest BCUT2D eigenvalue weighted by Gasteiger charge is 2.22. The van der Waals surface area contributed by atoms with Crippen molar-refractivity contribution in [1.82, 2.24) is 15.6 Å². The minimum absolute atomic E-state index is 0. The Morgan fingerprint density at radius 1 is 1.29 bits per heavy atom. The second-order valence-electron chi connectivity index (χ2n) is 6.09. The summed E-state index contributed by atoms with van der Waals surface area (Å²) in [6.45, 7) is 7.55. The van der Waals surface area contributed by atoms with Gasteiger partial charge in [0.1, 0.15) is 0 Å². The second kappa shape index (κ2) is 12.3. The lowest BCUT2D eigenvalue weighted by atomic mass is 10.2. The molecule has 0 spiro atoms. The molecule has 5 nitrogen and oxygen atoms in total. The predicted molar refractivity (Wildman–Crippen MR) is 110 cm³/mol. The van der Waals surface area contributed by atoms with Crippen molar-refractivity contribution in [1.29, 1.82) is 0 Å². The molecule has 1 aromatic heterocycles. The number of hydrogen-bond acceptors (Lipinski definition) is 3. The highest BCUT2D eigenvalue weighted by atomic mass is 127. The van der Waals surface area contributed by atoms with Crippen LogP contribution in [-0.4, -0.2) is 30.6 Å². The Balaban J connectivity index is 0.00000288. The molecular weight excluding hydrogens is 415 g/mol. The largest absolute Gasteiger partial charge is 0.477 e. The number of ether oxygens (including phenoxy) is 1. The molecule has 0 bridgehead atoms. The smallest absolute Gasteiger partial charge is 0.213 e. The van der Waals surface area contributed by atoms with Crippen LogP contribution in [0.15, 0.2) is 23.3 Å². The molecule has 0 aliphatic heterocycles. The minimum Gasteiger partial charge on any atom is -0.477 e. The van der Waals surface area contributed by atoms with E-state index in [1.54, 1.807) is 6.20 Å². The molecule has 2 rings (SSSR count). The molecule has 0 aromatic carbocycles. The van der Waals surface area contributed by atoms with Crippen molar-refractivity contribution < 1.29 is 4.74 Å². The molecule has 0 radical (unpaired) electrons. The number of nitrogens with zero attached hydrogens (tertiary/aromatic N) is 2. The van der Waals surface area contributed by atoms with Gasteiger partial charge in [0.05, 0.1) is 13.2 Å². The van der Waals surface area contributed by atoms with Gasteiger partial charge in [0.25, 0.3) is 0 Å². The molecule has 136 valence electrons. The summed E-state index contributed by atoms with van der Waals surface area (Å²) >= 11 is 0. The third kappa shape index (κ3) is 8.70. The Labute approximate surface area is 163 Å². The number of aliphatic imine (C=N–C) groups is 1. The van der Waals surface area contributed by atoms with Gasteiger partial charge in [-0.2, -0.15) is 0 Å². The van der Waals surface area contributed by atoms with Gasteiger partial charge in [0.15, 0.2) is 5.96 Å². The monoisotopic (exact) mass is 446 g/mol. The van der Waals surface area contributed by atoms with E-state index in [1.807, 2.05) is 12.1 Å². The van der Waals surface area contributed by atoms with E-state index in [2.05, 4.69) is 34.5 Å². The number of rotatable bonds is 10. The van der Waals surface area contributed by atoms with E-state index < -0.39 is 0 Å². The standard InChI is InChI=1S/C18H30N4O.HI/c1-3-5-6-10-21-18(19-4-2)22-13-16-9-11-20-17(12-16)23-14-15-7-8-15;/h9,11-12,15H,3-8,10,13-14H2,1-2H3,(H2,19,21,22);1H. The average Bonchev–Trinajstić information content (AvgIpc) is 3.39. The Hall–Kier alpha value is -1.05. The van der Waals surface area contributed by atoms with E-state index in [-0.39, 0.29) is 24.0 Å². The molecule has 2 N–H and O–H groups in total. The third-order valence-corrected chi connectivity index (χ3v) is 3.80. The first-order valence-electron chi connectivity index (χ1n) is 8.91. The lowest BCUT2D eigenvalue weighted by Gasteiger charge is -2.11. The predicted octanol–water partition coefficient (Wildman–Crippen LogP) is 3.73. The van der Waals surface area contributed by atoms with Crippen molar-refractivity contribution in [2.24, 2.45) is 10.9 Å². The zero-order valence-electron chi connectivity index (χ0n) is 14.9. The molecule has 1 saturated carbocycles. The van der Waals surface area contributed by atoms with E-state index in [1.165, 1.54) is 32.1 Å². The Morgan fingerprint density at radius 3 is 2.83 bits per heavy atom. The Kier molecular flexibility index (Phi) is 10.8. The van der Waals surface area contributed by atoms with Crippen LogP contribution in [0.1, 0.15) is 51.5 Å². The molecule has 0 amide bonds. The van der Waals surface area contributed by atoms with Crippen LogP contribution in [0.3, 0.4) is 0 Å². The second-order valence-corrected chi connectivity index (χ2v) is 6.09. The highest BCUT2D eigenvalue weighted by molar-refractivity contribution is 14.0. The van der Waals surface area contributed by atoms with Crippen LogP contribution >= 0.6 is 24.0 Å². The quantitative estimate of drug-likeness (QED) is 0.249. The lowest BCUT2D eigenvalue weighted by molar-refractivity contribution is 0.288. The van der Waals surface area contributed by atoms with Gasteiger partial charge in [0, 0.05) is 25.4 Å². The molecule has 0 saturated heterocycles. The number of pyridine rings is 1. The molecule has 1 aliphatic carbocycles. The van der Waals surface area contributed by atoms with Crippen LogP contribution in [-0.2, 0) is 6.54 Å². The van der Waals surface area contributed by atoms with Crippen LogP contribution in [0.4, 0.5) is 0 Å². The van der Waals surface area contributed by atoms with E-state index >= 15 is 0 Å². The van der Waals surface area contributed by atoms with E-state index in [4.69, 9.17) is 4.74 Å². The van der Waals surface area contributed by atoms with Crippen molar-refractivity contribution in [3.05, 3.63) is 23.9 Å². The van der Waals surface area contributed by atoms with Gasteiger partial charge >= 0.3 is 0 Å². The molecule has 1 heterocycles. The molecular formula is C18H31IN4O. The van der Waals surface area contributed by atoms with Crippen LogP contribution in [0.5, 0.6) is 5.88 Å². The molecule has 1 aliphatic rings. The maximum absolute atomic E-state index is 5.73. The fourth-order valence-electron chi connectivity index (χ4n) is 2.21. The summed E-state index contributed by atoms with van der Waals surface area (Å²) in [6.07, 6.45) is 8.04. The van der Waals surface area contributed by atoms with Gasteiger partial charge < -0.3 is 15.4 Å². The van der Waals surface area contributed by atoms with Crippen LogP contribution < -0.4 is 15.4 Å². The lowest BCUT2D eigenvalue weighted by Crippen LogP contribution is -2.37.